The molecular formula is C10H16N2O5. The monoisotopic (exact) mass is 244 g/mol. The van der Waals surface area contributed by atoms with Crippen LogP contribution in [-0.4, -0.2) is 47.2 Å². The summed E-state index contributed by atoms with van der Waals surface area (Å²) in [7, 11) is 0. The summed E-state index contributed by atoms with van der Waals surface area (Å²) in [6.07, 6.45) is -0.614. The van der Waals surface area contributed by atoms with Crippen molar-refractivity contribution in [1.82, 2.24) is 10.6 Å². The number of rotatable bonds is 6. The lowest BCUT2D eigenvalue weighted by atomic mass is 9.88. The molecule has 7 nitrogen and oxygen atoms in total. The summed E-state index contributed by atoms with van der Waals surface area (Å²) in [5, 5.41) is 22.6. The Morgan fingerprint density at radius 3 is 2.29 bits per heavy atom. The summed E-state index contributed by atoms with van der Waals surface area (Å²) in [6, 6.07) is -1.37. The van der Waals surface area contributed by atoms with Gasteiger partial charge in [-0.25, -0.2) is 4.79 Å². The Morgan fingerprint density at radius 2 is 1.94 bits per heavy atom. The van der Waals surface area contributed by atoms with Gasteiger partial charge >= 0.3 is 11.9 Å². The predicted octanol–water partition coefficient (Wildman–Crippen LogP) is -1.11. The maximum atomic E-state index is 11.7. The first-order chi connectivity index (χ1) is 7.91. The van der Waals surface area contributed by atoms with Gasteiger partial charge in [-0.15, -0.1) is 0 Å². The highest BCUT2D eigenvalue weighted by atomic mass is 16.4. The number of hydrogen-bond donors (Lipinski definition) is 4. The van der Waals surface area contributed by atoms with Crippen molar-refractivity contribution >= 4 is 17.8 Å². The van der Waals surface area contributed by atoms with E-state index in [-0.39, 0.29) is 11.8 Å². The lowest BCUT2D eigenvalue weighted by Crippen LogP contribution is -2.52. The van der Waals surface area contributed by atoms with Crippen molar-refractivity contribution in [1.29, 1.82) is 0 Å². The summed E-state index contributed by atoms with van der Waals surface area (Å²) in [5.41, 5.74) is 0. The number of carboxylic acids is 2. The number of hydrogen-bond acceptors (Lipinski definition) is 4. The summed E-state index contributed by atoms with van der Waals surface area (Å²) < 4.78 is 0. The molecule has 0 bridgehead atoms. The summed E-state index contributed by atoms with van der Waals surface area (Å²) >= 11 is 0. The zero-order valence-corrected chi connectivity index (χ0v) is 9.47. The standard InChI is InChI=1S/C10H16N2O5/c1-5(6-3-11-4-6)9(15)12-7(10(16)17)2-8(13)14/h5-7,11H,2-4H2,1H3,(H,12,15)(H,13,14)(H,16,17). The van der Waals surface area contributed by atoms with Crippen LogP contribution >= 0.6 is 0 Å². The van der Waals surface area contributed by atoms with Gasteiger partial charge in [0.1, 0.15) is 6.04 Å². The maximum Gasteiger partial charge on any atom is 0.326 e. The highest BCUT2D eigenvalue weighted by Gasteiger charge is 2.31. The van der Waals surface area contributed by atoms with Crippen LogP contribution in [0.15, 0.2) is 0 Å². The van der Waals surface area contributed by atoms with Crippen LogP contribution in [0.5, 0.6) is 0 Å². The second kappa shape index (κ2) is 5.62. The molecule has 0 aromatic carbocycles. The number of amides is 1. The quantitative estimate of drug-likeness (QED) is 0.470. The van der Waals surface area contributed by atoms with Gasteiger partial charge in [-0.05, 0) is 19.0 Å². The predicted molar refractivity (Wildman–Crippen MR) is 57.3 cm³/mol. The molecular weight excluding hydrogens is 228 g/mol. The zero-order valence-electron chi connectivity index (χ0n) is 9.47. The number of aliphatic carboxylic acids is 2. The van der Waals surface area contributed by atoms with Crippen LogP contribution in [0, 0.1) is 11.8 Å². The Kier molecular flexibility index (Phi) is 4.45. The molecule has 1 saturated heterocycles. The minimum Gasteiger partial charge on any atom is -0.481 e. The molecule has 7 heteroatoms. The maximum absolute atomic E-state index is 11.7. The first-order valence-corrected chi connectivity index (χ1v) is 5.37. The van der Waals surface area contributed by atoms with Crippen molar-refractivity contribution in [3.05, 3.63) is 0 Å². The van der Waals surface area contributed by atoms with Crippen LogP contribution in [0.1, 0.15) is 13.3 Å². The molecule has 17 heavy (non-hydrogen) atoms. The smallest absolute Gasteiger partial charge is 0.326 e. The zero-order chi connectivity index (χ0) is 13.0. The third-order valence-corrected chi connectivity index (χ3v) is 2.93. The fraction of sp³-hybridized carbons (Fsp3) is 0.700. The highest BCUT2D eigenvalue weighted by Crippen LogP contribution is 2.16. The SMILES string of the molecule is CC(C(=O)NC(CC(=O)O)C(=O)O)C1CNC1. The van der Waals surface area contributed by atoms with Crippen molar-refractivity contribution in [2.45, 2.75) is 19.4 Å². The molecule has 0 aliphatic carbocycles. The Labute approximate surface area is 98.2 Å². The first kappa shape index (κ1) is 13.4. The first-order valence-electron chi connectivity index (χ1n) is 5.37. The van der Waals surface area contributed by atoms with Gasteiger partial charge in [-0.1, -0.05) is 6.92 Å². The van der Waals surface area contributed by atoms with Crippen LogP contribution < -0.4 is 10.6 Å². The highest BCUT2D eigenvalue weighted by molar-refractivity contribution is 5.87. The minimum atomic E-state index is -1.37. The summed E-state index contributed by atoms with van der Waals surface area (Å²) in [4.78, 5) is 32.9. The summed E-state index contributed by atoms with van der Waals surface area (Å²) in [6.45, 7) is 3.16. The van der Waals surface area contributed by atoms with Gasteiger partial charge in [0.15, 0.2) is 0 Å². The number of carbonyl (C=O) groups excluding carboxylic acids is 1. The molecule has 0 spiro atoms. The topological polar surface area (TPSA) is 116 Å². The Morgan fingerprint density at radius 1 is 1.35 bits per heavy atom. The van der Waals surface area contributed by atoms with E-state index in [0.717, 1.165) is 13.1 Å². The molecule has 96 valence electrons. The van der Waals surface area contributed by atoms with E-state index in [1.807, 2.05) is 0 Å². The van der Waals surface area contributed by atoms with E-state index in [0.29, 0.717) is 0 Å². The molecule has 0 aromatic rings. The number of carbonyl (C=O) groups is 3. The Hall–Kier alpha value is -1.63. The average molecular weight is 244 g/mol. The van der Waals surface area contributed by atoms with Gasteiger partial charge in [0.2, 0.25) is 5.91 Å². The van der Waals surface area contributed by atoms with Gasteiger partial charge in [-0.2, -0.15) is 0 Å². The van der Waals surface area contributed by atoms with Gasteiger partial charge in [0.25, 0.3) is 0 Å². The van der Waals surface area contributed by atoms with Crippen LogP contribution in [0.3, 0.4) is 0 Å². The summed E-state index contributed by atoms with van der Waals surface area (Å²) in [5.74, 6) is -3.12. The van der Waals surface area contributed by atoms with E-state index in [9.17, 15) is 14.4 Å². The molecule has 0 radical (unpaired) electrons. The molecule has 1 fully saturated rings. The molecule has 1 aliphatic heterocycles. The van der Waals surface area contributed by atoms with E-state index in [4.69, 9.17) is 10.2 Å². The second-order valence-corrected chi connectivity index (χ2v) is 4.20. The fourth-order valence-corrected chi connectivity index (χ4v) is 1.56. The van der Waals surface area contributed by atoms with Crippen LogP contribution in [0.4, 0.5) is 0 Å². The minimum absolute atomic E-state index is 0.189. The average Bonchev–Trinajstić information content (AvgIpc) is 2.12. The van der Waals surface area contributed by atoms with Crippen molar-refractivity contribution in [2.24, 2.45) is 11.8 Å². The number of carboxylic acid groups (broad SMARTS) is 2. The van der Waals surface area contributed by atoms with Gasteiger partial charge in [0, 0.05) is 5.92 Å². The largest absolute Gasteiger partial charge is 0.481 e. The van der Waals surface area contributed by atoms with Crippen molar-refractivity contribution in [2.75, 3.05) is 13.1 Å². The van der Waals surface area contributed by atoms with Crippen LogP contribution in [-0.2, 0) is 14.4 Å². The van der Waals surface area contributed by atoms with Crippen molar-refractivity contribution < 1.29 is 24.6 Å². The molecule has 1 aliphatic rings. The third kappa shape index (κ3) is 3.70. The van der Waals surface area contributed by atoms with E-state index in [1.165, 1.54) is 0 Å². The van der Waals surface area contributed by atoms with Crippen molar-refractivity contribution in [3.8, 4) is 0 Å². The van der Waals surface area contributed by atoms with E-state index < -0.39 is 30.3 Å². The molecule has 1 heterocycles. The molecule has 0 aromatic heterocycles. The third-order valence-electron chi connectivity index (χ3n) is 2.93. The Balaban J connectivity index is 2.50. The lowest BCUT2D eigenvalue weighted by Gasteiger charge is -2.32. The fourth-order valence-electron chi connectivity index (χ4n) is 1.56. The number of nitrogens with one attached hydrogen (secondary N) is 2. The van der Waals surface area contributed by atoms with Crippen LogP contribution in [0.2, 0.25) is 0 Å². The van der Waals surface area contributed by atoms with Gasteiger partial charge in [-0.3, -0.25) is 9.59 Å². The molecule has 1 amide bonds. The lowest BCUT2D eigenvalue weighted by molar-refractivity contribution is -0.147. The molecule has 2 atom stereocenters. The van der Waals surface area contributed by atoms with Gasteiger partial charge in [0.05, 0.1) is 6.42 Å². The molecule has 0 saturated carbocycles. The molecule has 4 N–H and O–H groups in total. The Bertz CT molecular complexity index is 327. The normalized spacial score (nSPS) is 18.9. The van der Waals surface area contributed by atoms with Crippen molar-refractivity contribution in [3.63, 3.8) is 0 Å². The van der Waals surface area contributed by atoms with E-state index in [2.05, 4.69) is 10.6 Å². The molecule has 2 unspecified atom stereocenters. The van der Waals surface area contributed by atoms with Gasteiger partial charge < -0.3 is 20.8 Å². The second-order valence-electron chi connectivity index (χ2n) is 4.20. The van der Waals surface area contributed by atoms with E-state index in [1.54, 1.807) is 6.92 Å². The van der Waals surface area contributed by atoms with Crippen LogP contribution in [0.25, 0.3) is 0 Å². The van der Waals surface area contributed by atoms with E-state index >= 15 is 0 Å². The molecule has 1 rings (SSSR count).